The first-order valence-corrected chi connectivity index (χ1v) is 7.67. The molecular formula is C20H18N2O2. The van der Waals surface area contributed by atoms with Crippen molar-refractivity contribution in [3.63, 3.8) is 0 Å². The normalized spacial score (nSPS) is 11.1. The number of aromatic hydroxyl groups is 1. The van der Waals surface area contributed by atoms with Crippen LogP contribution in [0, 0.1) is 6.92 Å². The Morgan fingerprint density at radius 2 is 1.75 bits per heavy atom. The maximum Gasteiger partial charge on any atom is 0.145 e. The van der Waals surface area contributed by atoms with E-state index in [-0.39, 0.29) is 12.4 Å². The molecule has 0 aliphatic heterocycles. The molecule has 120 valence electrons. The van der Waals surface area contributed by atoms with Crippen molar-refractivity contribution >= 4 is 11.9 Å². The maximum absolute atomic E-state index is 10.2. The summed E-state index contributed by atoms with van der Waals surface area (Å²) in [6.45, 7) is 1.51. The zero-order chi connectivity index (χ0) is 16.9. The van der Waals surface area contributed by atoms with Crippen molar-refractivity contribution in [1.82, 2.24) is 4.98 Å². The molecule has 2 aromatic carbocycles. The number of rotatable bonds is 4. The van der Waals surface area contributed by atoms with Crippen molar-refractivity contribution in [2.24, 2.45) is 4.99 Å². The van der Waals surface area contributed by atoms with Crippen molar-refractivity contribution in [2.45, 2.75) is 13.5 Å². The van der Waals surface area contributed by atoms with Gasteiger partial charge < -0.3 is 10.2 Å². The van der Waals surface area contributed by atoms with Gasteiger partial charge in [-0.15, -0.1) is 0 Å². The minimum atomic E-state index is -0.206. The van der Waals surface area contributed by atoms with Crippen LogP contribution in [-0.2, 0) is 6.61 Å². The van der Waals surface area contributed by atoms with E-state index >= 15 is 0 Å². The number of para-hydroxylation sites is 1. The number of aliphatic imine (C=N–C) groups is 1. The quantitative estimate of drug-likeness (QED) is 0.714. The average Bonchev–Trinajstić information content (AvgIpc) is 2.64. The molecule has 1 heterocycles. The third-order valence-electron chi connectivity index (χ3n) is 3.85. The van der Waals surface area contributed by atoms with Gasteiger partial charge in [0.2, 0.25) is 0 Å². The first-order chi connectivity index (χ1) is 11.7. The Labute approximate surface area is 140 Å². The maximum atomic E-state index is 10.2. The van der Waals surface area contributed by atoms with Gasteiger partial charge in [0.25, 0.3) is 0 Å². The number of aryl methyl sites for hydroxylation is 1. The van der Waals surface area contributed by atoms with Crippen LogP contribution in [0.15, 0.2) is 65.8 Å². The molecule has 0 unspecified atom stereocenters. The van der Waals surface area contributed by atoms with Crippen molar-refractivity contribution in [3.8, 4) is 16.9 Å². The predicted octanol–water partition coefficient (Wildman–Crippen LogP) is 4.01. The topological polar surface area (TPSA) is 65.7 Å². The molecule has 0 fully saturated rings. The Bertz CT molecular complexity index is 874. The number of hydrogen-bond donors (Lipinski definition) is 2. The van der Waals surface area contributed by atoms with Crippen molar-refractivity contribution in [3.05, 3.63) is 77.6 Å². The third-order valence-corrected chi connectivity index (χ3v) is 3.85. The molecule has 0 radical (unpaired) electrons. The van der Waals surface area contributed by atoms with Gasteiger partial charge in [-0.05, 0) is 18.6 Å². The van der Waals surface area contributed by atoms with E-state index in [1.165, 1.54) is 0 Å². The highest BCUT2D eigenvalue weighted by Gasteiger charge is 2.10. The summed E-state index contributed by atoms with van der Waals surface area (Å²) in [6.07, 6.45) is 3.14. The number of aromatic nitrogens is 1. The lowest BCUT2D eigenvalue weighted by atomic mass is 10.0. The van der Waals surface area contributed by atoms with Crippen LogP contribution >= 0.6 is 0 Å². The second kappa shape index (κ2) is 7.06. The van der Waals surface area contributed by atoms with Gasteiger partial charge in [-0.2, -0.15) is 0 Å². The van der Waals surface area contributed by atoms with Gasteiger partial charge >= 0.3 is 0 Å². The van der Waals surface area contributed by atoms with E-state index in [2.05, 4.69) is 9.98 Å². The Morgan fingerprint density at radius 3 is 2.50 bits per heavy atom. The van der Waals surface area contributed by atoms with E-state index in [0.717, 1.165) is 16.8 Å². The highest BCUT2D eigenvalue weighted by molar-refractivity contribution is 5.89. The summed E-state index contributed by atoms with van der Waals surface area (Å²) in [4.78, 5) is 8.60. The van der Waals surface area contributed by atoms with Gasteiger partial charge in [-0.1, -0.05) is 48.5 Å². The summed E-state index contributed by atoms with van der Waals surface area (Å²) >= 11 is 0. The highest BCUT2D eigenvalue weighted by Crippen LogP contribution is 2.30. The van der Waals surface area contributed by atoms with Crippen LogP contribution in [0.1, 0.15) is 16.8 Å². The first-order valence-electron chi connectivity index (χ1n) is 7.67. The van der Waals surface area contributed by atoms with E-state index in [1.807, 2.05) is 54.6 Å². The van der Waals surface area contributed by atoms with Crippen LogP contribution in [0.2, 0.25) is 0 Å². The van der Waals surface area contributed by atoms with Gasteiger partial charge in [0, 0.05) is 29.1 Å². The second-order valence-corrected chi connectivity index (χ2v) is 5.43. The molecule has 0 atom stereocenters. The summed E-state index contributed by atoms with van der Waals surface area (Å²) in [7, 11) is 0. The summed E-state index contributed by atoms with van der Waals surface area (Å²) < 4.78 is 0. The van der Waals surface area contributed by atoms with Crippen molar-refractivity contribution < 1.29 is 10.2 Å². The third kappa shape index (κ3) is 3.19. The van der Waals surface area contributed by atoms with Crippen molar-refractivity contribution in [1.29, 1.82) is 0 Å². The van der Waals surface area contributed by atoms with E-state index < -0.39 is 0 Å². The van der Waals surface area contributed by atoms with Gasteiger partial charge in [0.05, 0.1) is 18.0 Å². The molecule has 0 aliphatic carbocycles. The lowest BCUT2D eigenvalue weighted by Gasteiger charge is -2.08. The van der Waals surface area contributed by atoms with Crippen LogP contribution in [0.3, 0.4) is 0 Å². The minimum absolute atomic E-state index is 0.0440. The molecule has 3 rings (SSSR count). The summed E-state index contributed by atoms with van der Waals surface area (Å²) in [5.41, 5.74) is 4.41. The smallest absolute Gasteiger partial charge is 0.145 e. The molecule has 24 heavy (non-hydrogen) atoms. The average molecular weight is 318 g/mol. The zero-order valence-corrected chi connectivity index (χ0v) is 13.3. The Balaban J connectivity index is 2.05. The fraction of sp³-hybridized carbons (Fsp3) is 0.100. The van der Waals surface area contributed by atoms with Crippen LogP contribution in [0.25, 0.3) is 11.1 Å². The largest absolute Gasteiger partial charge is 0.505 e. The van der Waals surface area contributed by atoms with Crippen molar-refractivity contribution in [2.75, 3.05) is 0 Å². The number of pyridine rings is 1. The van der Waals surface area contributed by atoms with E-state index in [1.54, 1.807) is 19.3 Å². The molecule has 0 spiro atoms. The number of aliphatic hydroxyl groups is 1. The predicted molar refractivity (Wildman–Crippen MR) is 95.7 cm³/mol. The van der Waals surface area contributed by atoms with Crippen LogP contribution in [0.4, 0.5) is 5.69 Å². The van der Waals surface area contributed by atoms with Gasteiger partial charge in [-0.25, -0.2) is 0 Å². The molecule has 1 aromatic heterocycles. The molecule has 0 amide bonds. The number of nitrogens with zero attached hydrogens (tertiary/aromatic N) is 2. The molecule has 0 bridgehead atoms. The van der Waals surface area contributed by atoms with E-state index in [0.29, 0.717) is 16.8 Å². The zero-order valence-electron chi connectivity index (χ0n) is 13.3. The summed E-state index contributed by atoms with van der Waals surface area (Å²) in [5, 5.41) is 19.7. The lowest BCUT2D eigenvalue weighted by molar-refractivity contribution is 0.280. The Morgan fingerprint density at radius 1 is 1.04 bits per heavy atom. The molecule has 3 aromatic rings. The minimum Gasteiger partial charge on any atom is -0.505 e. The monoisotopic (exact) mass is 318 g/mol. The van der Waals surface area contributed by atoms with Crippen LogP contribution < -0.4 is 0 Å². The number of hydrogen-bond acceptors (Lipinski definition) is 4. The molecule has 4 heteroatoms. The fourth-order valence-electron chi connectivity index (χ4n) is 2.50. The molecular weight excluding hydrogens is 300 g/mol. The van der Waals surface area contributed by atoms with Gasteiger partial charge in [-0.3, -0.25) is 9.98 Å². The summed E-state index contributed by atoms with van der Waals surface area (Å²) in [5.74, 6) is 0.0440. The lowest BCUT2D eigenvalue weighted by Crippen LogP contribution is -1.97. The molecule has 2 N–H and O–H groups in total. The van der Waals surface area contributed by atoms with Crippen LogP contribution in [0.5, 0.6) is 5.75 Å². The highest BCUT2D eigenvalue weighted by atomic mass is 16.3. The molecule has 0 saturated heterocycles. The van der Waals surface area contributed by atoms with E-state index in [9.17, 15) is 10.2 Å². The van der Waals surface area contributed by atoms with Crippen LogP contribution in [-0.4, -0.2) is 21.4 Å². The fourth-order valence-corrected chi connectivity index (χ4v) is 2.50. The standard InChI is InChI=1S/C20H18N2O2/c1-14-20(24)18(16(13-23)11-21-14)12-22-19-10-6-5-9-17(19)15-7-3-2-4-8-15/h2-12,23-24H,13H2,1H3. The van der Waals surface area contributed by atoms with Gasteiger partial charge in [0.1, 0.15) is 5.75 Å². The van der Waals surface area contributed by atoms with Gasteiger partial charge in [0.15, 0.2) is 0 Å². The Hall–Kier alpha value is -2.98. The first kappa shape index (κ1) is 15.9. The molecule has 4 nitrogen and oxygen atoms in total. The number of benzene rings is 2. The Kier molecular flexibility index (Phi) is 4.68. The molecule has 0 saturated carbocycles. The van der Waals surface area contributed by atoms with E-state index in [4.69, 9.17) is 0 Å². The number of aliphatic hydroxyl groups excluding tert-OH is 1. The summed E-state index contributed by atoms with van der Waals surface area (Å²) in [6, 6.07) is 17.8. The SMILES string of the molecule is Cc1ncc(CO)c(C=Nc2ccccc2-c2ccccc2)c1O. The molecule has 0 aliphatic rings. The second-order valence-electron chi connectivity index (χ2n) is 5.43.